The molecule has 0 spiro atoms. The number of hydrogen-bond donors (Lipinski definition) is 0. The summed E-state index contributed by atoms with van der Waals surface area (Å²) in [6, 6.07) is 0. The van der Waals surface area contributed by atoms with Crippen molar-refractivity contribution in [2.24, 2.45) is 0 Å². The highest BCUT2D eigenvalue weighted by Gasteiger charge is 2.11. The lowest BCUT2D eigenvalue weighted by molar-refractivity contribution is 0.0525. The molecular formula is C11H13NO2. The molecule has 1 aromatic heterocycles. The minimum atomic E-state index is -0.332. The maximum atomic E-state index is 11.4. The largest absolute Gasteiger partial charge is 0.462 e. The lowest BCUT2D eigenvalue weighted by atomic mass is 10.1. The first-order valence-electron chi connectivity index (χ1n) is 4.44. The molecule has 0 aliphatic carbocycles. The van der Waals surface area contributed by atoms with Crippen LogP contribution in [0.15, 0.2) is 19.0 Å². The first kappa shape index (κ1) is 10.4. The summed E-state index contributed by atoms with van der Waals surface area (Å²) in [6.07, 6.45) is 4.86. The highest BCUT2D eigenvalue weighted by atomic mass is 16.5. The summed E-state index contributed by atoms with van der Waals surface area (Å²) in [5, 5.41) is 0. The van der Waals surface area contributed by atoms with Crippen LogP contribution in [0.5, 0.6) is 0 Å². The Kier molecular flexibility index (Phi) is 3.40. The third-order valence-corrected chi connectivity index (χ3v) is 1.97. The summed E-state index contributed by atoms with van der Waals surface area (Å²) in [7, 11) is 0. The number of esters is 1. The Morgan fingerprint density at radius 3 is 2.93 bits per heavy atom. The van der Waals surface area contributed by atoms with E-state index in [2.05, 4.69) is 11.6 Å². The van der Waals surface area contributed by atoms with E-state index in [1.807, 2.05) is 6.92 Å². The SMILES string of the molecule is C=Cc1cncc(C(=O)OCC)c1C. The van der Waals surface area contributed by atoms with Gasteiger partial charge in [-0.1, -0.05) is 12.7 Å². The van der Waals surface area contributed by atoms with Crippen LogP contribution in [0.2, 0.25) is 0 Å². The molecule has 0 saturated carbocycles. The van der Waals surface area contributed by atoms with Crippen molar-refractivity contribution in [1.29, 1.82) is 0 Å². The van der Waals surface area contributed by atoms with Crippen LogP contribution in [-0.4, -0.2) is 17.6 Å². The first-order valence-corrected chi connectivity index (χ1v) is 4.44. The van der Waals surface area contributed by atoms with Gasteiger partial charge in [-0.25, -0.2) is 4.79 Å². The van der Waals surface area contributed by atoms with Crippen molar-refractivity contribution >= 4 is 12.0 Å². The standard InChI is InChI=1S/C11H13NO2/c1-4-9-6-12-7-10(8(9)3)11(13)14-5-2/h4,6-7H,1,5H2,2-3H3. The van der Waals surface area contributed by atoms with Gasteiger partial charge in [0, 0.05) is 12.4 Å². The first-order chi connectivity index (χ1) is 6.70. The van der Waals surface area contributed by atoms with E-state index >= 15 is 0 Å². The van der Waals surface area contributed by atoms with Crippen LogP contribution in [0.1, 0.15) is 28.4 Å². The van der Waals surface area contributed by atoms with Crippen LogP contribution in [0.3, 0.4) is 0 Å². The van der Waals surface area contributed by atoms with Gasteiger partial charge in [0.05, 0.1) is 12.2 Å². The van der Waals surface area contributed by atoms with E-state index in [4.69, 9.17) is 4.74 Å². The zero-order chi connectivity index (χ0) is 10.6. The lowest BCUT2D eigenvalue weighted by Crippen LogP contribution is -2.08. The van der Waals surface area contributed by atoms with E-state index in [1.54, 1.807) is 19.2 Å². The molecule has 0 aliphatic heterocycles. The Labute approximate surface area is 83.4 Å². The van der Waals surface area contributed by atoms with Crippen molar-refractivity contribution in [3.05, 3.63) is 35.7 Å². The molecule has 0 N–H and O–H groups in total. The molecular weight excluding hydrogens is 178 g/mol. The third kappa shape index (κ3) is 1.99. The van der Waals surface area contributed by atoms with Gasteiger partial charge in [-0.15, -0.1) is 0 Å². The second kappa shape index (κ2) is 4.56. The monoisotopic (exact) mass is 191 g/mol. The molecule has 0 unspecified atom stereocenters. The van der Waals surface area contributed by atoms with Crippen LogP contribution in [0, 0.1) is 6.92 Å². The van der Waals surface area contributed by atoms with E-state index in [9.17, 15) is 4.79 Å². The van der Waals surface area contributed by atoms with Crippen LogP contribution < -0.4 is 0 Å². The predicted molar refractivity (Wildman–Crippen MR) is 55.0 cm³/mol. The van der Waals surface area contributed by atoms with Gasteiger partial charge in [0.2, 0.25) is 0 Å². The molecule has 74 valence electrons. The van der Waals surface area contributed by atoms with Gasteiger partial charge in [0.15, 0.2) is 0 Å². The maximum absolute atomic E-state index is 11.4. The molecule has 3 nitrogen and oxygen atoms in total. The minimum Gasteiger partial charge on any atom is -0.462 e. The lowest BCUT2D eigenvalue weighted by Gasteiger charge is -2.06. The van der Waals surface area contributed by atoms with E-state index in [1.165, 1.54) is 6.20 Å². The van der Waals surface area contributed by atoms with Gasteiger partial charge in [0.25, 0.3) is 0 Å². The Morgan fingerprint density at radius 1 is 1.64 bits per heavy atom. The number of ether oxygens (including phenoxy) is 1. The van der Waals surface area contributed by atoms with Gasteiger partial charge in [-0.05, 0) is 25.0 Å². The van der Waals surface area contributed by atoms with E-state index in [0.29, 0.717) is 12.2 Å². The summed E-state index contributed by atoms with van der Waals surface area (Å²) in [5.41, 5.74) is 2.22. The Balaban J connectivity index is 3.09. The summed E-state index contributed by atoms with van der Waals surface area (Å²) < 4.78 is 4.90. The maximum Gasteiger partial charge on any atom is 0.339 e. The Bertz CT molecular complexity index is 358. The number of nitrogens with zero attached hydrogens (tertiary/aromatic N) is 1. The van der Waals surface area contributed by atoms with E-state index in [-0.39, 0.29) is 5.97 Å². The third-order valence-electron chi connectivity index (χ3n) is 1.97. The normalized spacial score (nSPS) is 9.57. The molecule has 0 amide bonds. The average molecular weight is 191 g/mol. The van der Waals surface area contributed by atoms with Gasteiger partial charge >= 0.3 is 5.97 Å². The van der Waals surface area contributed by atoms with Crippen molar-refractivity contribution in [2.45, 2.75) is 13.8 Å². The number of rotatable bonds is 3. The van der Waals surface area contributed by atoms with Crippen LogP contribution in [0.4, 0.5) is 0 Å². The Hall–Kier alpha value is -1.64. The van der Waals surface area contributed by atoms with Gasteiger partial charge < -0.3 is 4.74 Å². The zero-order valence-electron chi connectivity index (χ0n) is 8.41. The molecule has 0 aliphatic rings. The molecule has 0 radical (unpaired) electrons. The smallest absolute Gasteiger partial charge is 0.339 e. The van der Waals surface area contributed by atoms with Crippen LogP contribution in [-0.2, 0) is 4.74 Å². The molecule has 0 aromatic carbocycles. The number of hydrogen-bond acceptors (Lipinski definition) is 3. The number of aromatic nitrogens is 1. The summed E-state index contributed by atoms with van der Waals surface area (Å²) in [6.45, 7) is 7.65. The Morgan fingerprint density at radius 2 is 2.36 bits per heavy atom. The van der Waals surface area contributed by atoms with Crippen molar-refractivity contribution in [2.75, 3.05) is 6.61 Å². The summed E-state index contributed by atoms with van der Waals surface area (Å²) >= 11 is 0. The quantitative estimate of drug-likeness (QED) is 0.687. The van der Waals surface area contributed by atoms with Crippen LogP contribution >= 0.6 is 0 Å². The molecule has 0 bridgehead atoms. The van der Waals surface area contributed by atoms with E-state index < -0.39 is 0 Å². The van der Waals surface area contributed by atoms with Crippen molar-refractivity contribution in [1.82, 2.24) is 4.98 Å². The van der Waals surface area contributed by atoms with Crippen LogP contribution in [0.25, 0.3) is 6.08 Å². The molecule has 0 atom stereocenters. The average Bonchev–Trinajstić information content (AvgIpc) is 2.18. The van der Waals surface area contributed by atoms with Crippen molar-refractivity contribution in [3.8, 4) is 0 Å². The highest BCUT2D eigenvalue weighted by molar-refractivity contribution is 5.91. The van der Waals surface area contributed by atoms with E-state index in [0.717, 1.165) is 11.1 Å². The molecule has 0 fully saturated rings. The number of pyridine rings is 1. The molecule has 3 heteroatoms. The number of carbonyl (C=O) groups excluding carboxylic acids is 1. The zero-order valence-corrected chi connectivity index (χ0v) is 8.41. The van der Waals surface area contributed by atoms with Gasteiger partial charge in [-0.2, -0.15) is 0 Å². The molecule has 1 aromatic rings. The fraction of sp³-hybridized carbons (Fsp3) is 0.273. The molecule has 0 saturated heterocycles. The predicted octanol–water partition coefficient (Wildman–Crippen LogP) is 2.21. The summed E-state index contributed by atoms with van der Waals surface area (Å²) in [4.78, 5) is 15.4. The van der Waals surface area contributed by atoms with Crippen molar-refractivity contribution in [3.63, 3.8) is 0 Å². The van der Waals surface area contributed by atoms with Gasteiger partial charge in [0.1, 0.15) is 0 Å². The second-order valence-electron chi connectivity index (χ2n) is 2.83. The molecule has 1 rings (SSSR count). The number of carbonyl (C=O) groups is 1. The van der Waals surface area contributed by atoms with Crippen molar-refractivity contribution < 1.29 is 9.53 Å². The highest BCUT2D eigenvalue weighted by Crippen LogP contribution is 2.13. The topological polar surface area (TPSA) is 39.2 Å². The summed E-state index contributed by atoms with van der Waals surface area (Å²) in [5.74, 6) is -0.332. The fourth-order valence-corrected chi connectivity index (χ4v) is 1.16. The second-order valence-corrected chi connectivity index (χ2v) is 2.83. The van der Waals surface area contributed by atoms with Gasteiger partial charge in [-0.3, -0.25) is 4.98 Å². The molecule has 14 heavy (non-hydrogen) atoms. The molecule has 1 heterocycles. The fourth-order valence-electron chi connectivity index (χ4n) is 1.16. The minimum absolute atomic E-state index is 0.332.